The number of para-hydroxylation sites is 1. The number of pyridine rings is 1. The summed E-state index contributed by atoms with van der Waals surface area (Å²) in [6.45, 7) is 0.709. The molecule has 8 heteroatoms. The van der Waals surface area contributed by atoms with E-state index in [1.165, 1.54) is 16.9 Å². The van der Waals surface area contributed by atoms with Crippen molar-refractivity contribution in [3.63, 3.8) is 0 Å². The molecule has 0 unspecified atom stereocenters. The summed E-state index contributed by atoms with van der Waals surface area (Å²) in [6.07, 6.45) is 5.93. The molecule has 3 atom stereocenters. The van der Waals surface area contributed by atoms with Crippen molar-refractivity contribution in [1.82, 2.24) is 24.9 Å². The third-order valence-electron chi connectivity index (χ3n) is 5.43. The number of piperidine rings is 1. The van der Waals surface area contributed by atoms with Crippen molar-refractivity contribution in [2.75, 3.05) is 6.54 Å². The molecule has 28 heavy (non-hydrogen) atoms. The molecule has 1 aliphatic carbocycles. The van der Waals surface area contributed by atoms with Gasteiger partial charge in [-0.1, -0.05) is 12.1 Å². The van der Waals surface area contributed by atoms with Gasteiger partial charge in [0.05, 0.1) is 35.9 Å². The van der Waals surface area contributed by atoms with Crippen LogP contribution in [-0.4, -0.2) is 49.5 Å². The monoisotopic (exact) mass is 379 g/mol. The van der Waals surface area contributed by atoms with Crippen molar-refractivity contribution in [1.29, 1.82) is 0 Å². The molecule has 5 rings (SSSR count). The van der Waals surface area contributed by atoms with Gasteiger partial charge < -0.3 is 9.64 Å². The van der Waals surface area contributed by atoms with Crippen LogP contribution in [0.3, 0.4) is 0 Å². The molecule has 1 saturated heterocycles. The van der Waals surface area contributed by atoms with E-state index in [1.807, 2.05) is 23.1 Å². The number of benzene rings is 1. The zero-order valence-electron chi connectivity index (χ0n) is 15.0. The van der Waals surface area contributed by atoms with Gasteiger partial charge in [-0.3, -0.25) is 4.79 Å². The Bertz CT molecular complexity index is 992. The molecular weight excluding hydrogens is 361 g/mol. The molecule has 2 fully saturated rings. The number of carbonyl (C=O) groups excluding carboxylic acids is 1. The van der Waals surface area contributed by atoms with Gasteiger partial charge in [0, 0.05) is 12.6 Å². The van der Waals surface area contributed by atoms with E-state index in [-0.39, 0.29) is 18.1 Å². The number of fused-ring (bicyclic) bond motifs is 2. The van der Waals surface area contributed by atoms with Gasteiger partial charge in [0.2, 0.25) is 5.88 Å². The zero-order chi connectivity index (χ0) is 19.1. The van der Waals surface area contributed by atoms with Crippen LogP contribution in [0.1, 0.15) is 23.2 Å². The van der Waals surface area contributed by atoms with Crippen molar-refractivity contribution < 1.29 is 13.9 Å². The first-order chi connectivity index (χ1) is 13.7. The molecule has 0 N–H and O–H groups in total. The first-order valence-corrected chi connectivity index (χ1v) is 9.24. The highest BCUT2D eigenvalue weighted by Crippen LogP contribution is 2.40. The lowest BCUT2D eigenvalue weighted by Gasteiger charge is -2.33. The van der Waals surface area contributed by atoms with Crippen LogP contribution in [0.4, 0.5) is 4.39 Å². The Labute approximate surface area is 160 Å². The van der Waals surface area contributed by atoms with E-state index in [0.29, 0.717) is 29.6 Å². The lowest BCUT2D eigenvalue weighted by Crippen LogP contribution is -2.47. The Balaban J connectivity index is 1.39. The Kier molecular flexibility index (Phi) is 4.03. The van der Waals surface area contributed by atoms with Gasteiger partial charge in [-0.2, -0.15) is 15.0 Å². The number of ether oxygens (including phenoxy) is 1. The number of hydrogen-bond acceptors (Lipinski definition) is 5. The molecule has 0 radical (unpaired) electrons. The van der Waals surface area contributed by atoms with Gasteiger partial charge in [-0.05, 0) is 37.0 Å². The first kappa shape index (κ1) is 16.9. The maximum absolute atomic E-state index is 13.3. The Morgan fingerprint density at radius 1 is 1.11 bits per heavy atom. The van der Waals surface area contributed by atoms with Crippen molar-refractivity contribution >= 4 is 5.91 Å². The highest BCUT2D eigenvalue weighted by molar-refractivity contribution is 5.98. The van der Waals surface area contributed by atoms with E-state index in [4.69, 9.17) is 4.74 Å². The summed E-state index contributed by atoms with van der Waals surface area (Å²) in [7, 11) is 0. The number of rotatable bonds is 4. The van der Waals surface area contributed by atoms with Gasteiger partial charge in [-0.15, -0.1) is 0 Å². The summed E-state index contributed by atoms with van der Waals surface area (Å²) in [4.78, 5) is 20.6. The second-order valence-corrected chi connectivity index (χ2v) is 7.17. The van der Waals surface area contributed by atoms with Crippen LogP contribution in [-0.2, 0) is 0 Å². The molecule has 3 aromatic rings. The maximum atomic E-state index is 13.3. The number of amides is 1. The SMILES string of the molecule is O=C(c1ccccc1-n1nccn1)N1C[C@H]2C[C@@H](Oc3ccc(F)cn3)[C@@H]1C2. The second-order valence-electron chi connectivity index (χ2n) is 7.17. The summed E-state index contributed by atoms with van der Waals surface area (Å²) in [5, 5.41) is 8.31. The molecule has 1 amide bonds. The minimum Gasteiger partial charge on any atom is -0.472 e. The van der Waals surface area contributed by atoms with Crippen molar-refractivity contribution in [2.45, 2.75) is 25.0 Å². The highest BCUT2D eigenvalue weighted by Gasteiger charge is 2.48. The highest BCUT2D eigenvalue weighted by atomic mass is 19.1. The normalized spacial score (nSPS) is 23.2. The smallest absolute Gasteiger partial charge is 0.256 e. The Morgan fingerprint density at radius 3 is 2.68 bits per heavy atom. The summed E-state index contributed by atoms with van der Waals surface area (Å²) < 4.78 is 19.1. The van der Waals surface area contributed by atoms with Crippen LogP contribution < -0.4 is 4.74 Å². The van der Waals surface area contributed by atoms with Gasteiger partial charge in [0.15, 0.2) is 0 Å². The fourth-order valence-electron chi connectivity index (χ4n) is 4.24. The van der Waals surface area contributed by atoms with E-state index in [9.17, 15) is 9.18 Å². The van der Waals surface area contributed by atoms with Crippen LogP contribution in [0.2, 0.25) is 0 Å². The van der Waals surface area contributed by atoms with Crippen LogP contribution in [0.15, 0.2) is 55.0 Å². The molecular formula is C20H18FN5O2. The van der Waals surface area contributed by atoms with E-state index < -0.39 is 5.82 Å². The topological polar surface area (TPSA) is 73.1 Å². The third kappa shape index (κ3) is 2.90. The predicted molar refractivity (Wildman–Crippen MR) is 97.5 cm³/mol. The summed E-state index contributed by atoms with van der Waals surface area (Å²) in [6, 6.07) is 10.1. The molecule has 2 bridgehead atoms. The van der Waals surface area contributed by atoms with E-state index >= 15 is 0 Å². The molecule has 1 aromatic carbocycles. The fourth-order valence-corrected chi connectivity index (χ4v) is 4.24. The molecule has 2 aromatic heterocycles. The largest absolute Gasteiger partial charge is 0.472 e. The zero-order valence-corrected chi connectivity index (χ0v) is 15.0. The van der Waals surface area contributed by atoms with Crippen LogP contribution in [0, 0.1) is 11.7 Å². The van der Waals surface area contributed by atoms with E-state index in [2.05, 4.69) is 15.2 Å². The van der Waals surface area contributed by atoms with Crippen molar-refractivity contribution in [2.24, 2.45) is 5.92 Å². The van der Waals surface area contributed by atoms with Gasteiger partial charge in [0.25, 0.3) is 5.91 Å². The maximum Gasteiger partial charge on any atom is 0.256 e. The number of hydrogen-bond donors (Lipinski definition) is 0. The molecule has 7 nitrogen and oxygen atoms in total. The van der Waals surface area contributed by atoms with E-state index in [0.717, 1.165) is 19.0 Å². The number of aromatic nitrogens is 4. The average Bonchev–Trinajstić information content (AvgIpc) is 3.46. The molecule has 1 aliphatic heterocycles. The molecule has 2 aliphatic rings. The van der Waals surface area contributed by atoms with Crippen LogP contribution >= 0.6 is 0 Å². The standard InChI is InChI=1S/C20H18FN5O2/c21-14-5-6-19(22-11-14)28-18-10-13-9-17(18)25(12-13)20(27)15-3-1-2-4-16(15)26-23-7-8-24-26/h1-8,11,13,17-18H,9-10,12H2/t13-,17+,18-/m1/s1. The third-order valence-corrected chi connectivity index (χ3v) is 5.43. The van der Waals surface area contributed by atoms with Gasteiger partial charge in [-0.25, -0.2) is 9.37 Å². The lowest BCUT2D eigenvalue weighted by atomic mass is 10.1. The number of halogens is 1. The van der Waals surface area contributed by atoms with Crippen molar-refractivity contribution in [3.8, 4) is 11.6 Å². The van der Waals surface area contributed by atoms with Crippen LogP contribution in [0.25, 0.3) is 5.69 Å². The van der Waals surface area contributed by atoms with E-state index in [1.54, 1.807) is 18.5 Å². The van der Waals surface area contributed by atoms with Gasteiger partial charge >= 0.3 is 0 Å². The van der Waals surface area contributed by atoms with Crippen molar-refractivity contribution in [3.05, 3.63) is 66.4 Å². The molecule has 0 spiro atoms. The Morgan fingerprint density at radius 2 is 1.93 bits per heavy atom. The van der Waals surface area contributed by atoms with Crippen LogP contribution in [0.5, 0.6) is 5.88 Å². The summed E-state index contributed by atoms with van der Waals surface area (Å²) in [5.41, 5.74) is 1.21. The minimum absolute atomic E-state index is 0.0250. The lowest BCUT2D eigenvalue weighted by molar-refractivity contribution is 0.0466. The molecule has 142 valence electrons. The number of nitrogens with zero attached hydrogens (tertiary/aromatic N) is 5. The molecule has 1 saturated carbocycles. The average molecular weight is 379 g/mol. The summed E-state index contributed by atoms with van der Waals surface area (Å²) in [5.74, 6) is 0.323. The minimum atomic E-state index is -0.402. The first-order valence-electron chi connectivity index (χ1n) is 9.24. The van der Waals surface area contributed by atoms with Gasteiger partial charge in [0.1, 0.15) is 11.9 Å². The second kappa shape index (κ2) is 6.70. The number of likely N-dealkylation sites (tertiary alicyclic amines) is 1. The summed E-state index contributed by atoms with van der Waals surface area (Å²) >= 11 is 0. The Hall–Kier alpha value is -3.29. The fraction of sp³-hybridized carbons (Fsp3) is 0.300. The molecule has 3 heterocycles. The number of carbonyl (C=O) groups is 1. The predicted octanol–water partition coefficient (Wildman–Crippen LogP) is 2.48. The quantitative estimate of drug-likeness (QED) is 0.696.